The molecule has 5 rings (SSSR count). The van der Waals surface area contributed by atoms with Crippen molar-refractivity contribution in [2.45, 2.75) is 88.4 Å². The maximum absolute atomic E-state index is 11.1. The van der Waals surface area contributed by atoms with E-state index >= 15 is 0 Å². The normalized spacial score (nSPS) is 11.9. The molecule has 69 heavy (non-hydrogen) atoms. The Morgan fingerprint density at radius 1 is 0.725 bits per heavy atom. The van der Waals surface area contributed by atoms with Gasteiger partial charge in [0.15, 0.2) is 0 Å². The van der Waals surface area contributed by atoms with Crippen LogP contribution in [0.15, 0.2) is 131 Å². The Balaban J connectivity index is 0.000000456. The van der Waals surface area contributed by atoms with Gasteiger partial charge in [-0.25, -0.2) is 9.59 Å². The summed E-state index contributed by atoms with van der Waals surface area (Å²) >= 11 is 1.74. The molecule has 0 spiro atoms. The monoisotopic (exact) mass is 963 g/mol. The first kappa shape index (κ1) is 56.7. The fraction of sp³-hybridized carbons (Fsp3) is 0.382. The Morgan fingerprint density at radius 3 is 1.80 bits per heavy atom. The molecule has 0 atom stereocenters. The Bertz CT molecular complexity index is 2160. The van der Waals surface area contributed by atoms with E-state index in [2.05, 4.69) is 60.2 Å². The van der Waals surface area contributed by atoms with Gasteiger partial charge in [0.2, 0.25) is 0 Å². The van der Waals surface area contributed by atoms with E-state index in [0.717, 1.165) is 115 Å². The van der Waals surface area contributed by atoms with Crippen LogP contribution in [0.2, 0.25) is 0 Å². The summed E-state index contributed by atoms with van der Waals surface area (Å²) in [6.07, 6.45) is 19.2. The number of unbranched alkanes of at least 4 members (excludes halogenated alkanes) is 6. The second-order valence-corrected chi connectivity index (χ2v) is 16.9. The smallest absolute Gasteiger partial charge is 0.330 e. The van der Waals surface area contributed by atoms with Crippen molar-refractivity contribution in [3.63, 3.8) is 0 Å². The number of aldehydes is 1. The molecule has 1 aliphatic rings. The third-order valence-corrected chi connectivity index (χ3v) is 11.9. The van der Waals surface area contributed by atoms with Gasteiger partial charge < -0.3 is 28.8 Å². The van der Waals surface area contributed by atoms with E-state index in [-0.39, 0.29) is 18.4 Å². The van der Waals surface area contributed by atoms with E-state index in [4.69, 9.17) is 38.7 Å². The minimum absolute atomic E-state index is 0.250. The number of benzene rings is 4. The van der Waals surface area contributed by atoms with Crippen molar-refractivity contribution in [2.75, 3.05) is 46.0 Å². The van der Waals surface area contributed by atoms with Gasteiger partial charge in [-0.05, 0) is 149 Å². The maximum atomic E-state index is 11.1. The summed E-state index contributed by atoms with van der Waals surface area (Å²) in [4.78, 5) is 46.0. The zero-order valence-electron chi connectivity index (χ0n) is 40.1. The second kappa shape index (κ2) is 35.5. The third kappa shape index (κ3) is 23.8. The molecular weight excluding hydrogens is 895 g/mol. The molecule has 4 aromatic rings. The van der Waals surface area contributed by atoms with Crippen molar-refractivity contribution in [3.05, 3.63) is 127 Å². The van der Waals surface area contributed by atoms with Crippen LogP contribution in [0, 0.1) is 5.92 Å². The number of thioether (sulfide) groups is 1. The summed E-state index contributed by atoms with van der Waals surface area (Å²) in [5.74, 6) is 3.07. The number of nitrogens with zero attached hydrogens (tertiary/aromatic N) is 3. The van der Waals surface area contributed by atoms with E-state index in [1.54, 1.807) is 43.1 Å². The SMILES string of the molecule is C=CC(=O)OCCCCCCOc1ccc(-c2ccc(OC)c(/C=N/N(CSc3ccccc3N=C)CC3CCCCC3)c2)cc1.C=CC(=O)OCCCCCCOc1ccc(C=O)cc1.O=CO. The molecule has 0 aliphatic heterocycles. The van der Waals surface area contributed by atoms with Crippen molar-refractivity contribution < 1.29 is 48.0 Å². The van der Waals surface area contributed by atoms with E-state index in [1.165, 1.54) is 44.3 Å². The number of para-hydroxylation sites is 1. The van der Waals surface area contributed by atoms with E-state index < -0.39 is 0 Å². The number of carboxylic acid groups (broad SMARTS) is 1. The van der Waals surface area contributed by atoms with Crippen LogP contribution in [0.25, 0.3) is 11.1 Å². The number of carbonyl (C=O) groups excluding carboxylic acids is 3. The molecule has 1 aliphatic carbocycles. The van der Waals surface area contributed by atoms with Crippen molar-refractivity contribution in [1.82, 2.24) is 5.01 Å². The standard InChI is InChI=1S/C38H47N3O4S.C16H20O4.CH2O2/c1-4-38(42)45-25-13-6-5-12-24-44-34-21-18-31(19-22-34)32-20-23-36(43-3)33(26-32)27-40-41(28-30-14-8-7-9-15-30)29-46-37-17-11-10-16-35(37)39-2;1-2-16(18)20-12-6-4-3-5-11-19-15-9-7-14(13-17)8-10-15;2-1-3/h4,10-11,16-23,26-27,30H,1-2,5-9,12-15,24-25,28-29H2,3H3;2,7-10,13H,1,3-6,11-12H2;1H,(H,2,3)/b40-27+;;. The molecule has 4 aromatic carbocycles. The van der Waals surface area contributed by atoms with E-state index in [0.29, 0.717) is 37.9 Å². The highest BCUT2D eigenvalue weighted by atomic mass is 32.2. The zero-order valence-corrected chi connectivity index (χ0v) is 40.9. The van der Waals surface area contributed by atoms with Crippen LogP contribution >= 0.6 is 11.8 Å². The van der Waals surface area contributed by atoms with E-state index in [9.17, 15) is 14.4 Å². The van der Waals surface area contributed by atoms with Crippen LogP contribution < -0.4 is 14.2 Å². The van der Waals surface area contributed by atoms with Crippen LogP contribution in [0.4, 0.5) is 5.69 Å². The number of hydrogen-bond acceptors (Lipinski definition) is 13. The predicted molar refractivity (Wildman–Crippen MR) is 276 cm³/mol. The number of carbonyl (C=O) groups is 4. The molecule has 0 unspecified atom stereocenters. The number of esters is 2. The molecule has 1 N–H and O–H groups in total. The predicted octanol–water partition coefficient (Wildman–Crippen LogP) is 12.2. The quantitative estimate of drug-likeness (QED) is 0.00802. The fourth-order valence-electron chi connectivity index (χ4n) is 7.16. The van der Waals surface area contributed by atoms with Crippen molar-refractivity contribution in [1.29, 1.82) is 0 Å². The molecule has 1 saturated carbocycles. The third-order valence-electron chi connectivity index (χ3n) is 10.8. The molecule has 13 nitrogen and oxygen atoms in total. The number of rotatable bonds is 29. The van der Waals surface area contributed by atoms with Gasteiger partial charge in [-0.3, -0.25) is 19.6 Å². The molecule has 0 bridgehead atoms. The Morgan fingerprint density at radius 2 is 1.26 bits per heavy atom. The van der Waals surface area contributed by atoms with Gasteiger partial charge in [0.25, 0.3) is 6.47 Å². The van der Waals surface area contributed by atoms with E-state index in [1.807, 2.05) is 42.6 Å². The summed E-state index contributed by atoms with van der Waals surface area (Å²) in [6, 6.07) is 29.6. The lowest BCUT2D eigenvalue weighted by molar-refractivity contribution is -0.138. The molecule has 0 saturated heterocycles. The van der Waals surface area contributed by atoms with Gasteiger partial charge >= 0.3 is 11.9 Å². The highest BCUT2D eigenvalue weighted by molar-refractivity contribution is 7.99. The first-order valence-electron chi connectivity index (χ1n) is 23.5. The topological polar surface area (TPSA) is 163 Å². The van der Waals surface area contributed by atoms with Gasteiger partial charge in [0.05, 0.1) is 51.3 Å². The van der Waals surface area contributed by atoms with Crippen LogP contribution in [0.3, 0.4) is 0 Å². The average Bonchev–Trinajstić information content (AvgIpc) is 3.39. The van der Waals surface area contributed by atoms with Crippen LogP contribution in [0.1, 0.15) is 99.4 Å². The fourth-order valence-corrected chi connectivity index (χ4v) is 8.07. The molecule has 0 radical (unpaired) electrons. The molecular formula is C55H69N3O10S. The van der Waals surface area contributed by atoms with Gasteiger partial charge in [-0.1, -0.05) is 62.8 Å². The average molecular weight is 964 g/mol. The number of hydrazone groups is 1. The molecule has 0 aromatic heterocycles. The van der Waals surface area contributed by atoms with Crippen molar-refractivity contribution >= 4 is 55.1 Å². The summed E-state index contributed by atoms with van der Waals surface area (Å²) in [5.41, 5.74) is 4.67. The minimum Gasteiger partial charge on any atom is -0.496 e. The van der Waals surface area contributed by atoms with Gasteiger partial charge in [0, 0.05) is 34.7 Å². The summed E-state index contributed by atoms with van der Waals surface area (Å²) in [5, 5.41) is 14.1. The summed E-state index contributed by atoms with van der Waals surface area (Å²) in [7, 11) is 1.70. The second-order valence-electron chi connectivity index (χ2n) is 15.9. The van der Waals surface area contributed by atoms with Crippen LogP contribution in [-0.2, 0) is 23.9 Å². The van der Waals surface area contributed by atoms with Crippen LogP contribution in [-0.4, -0.2) is 93.7 Å². The molecule has 0 amide bonds. The van der Waals surface area contributed by atoms with Crippen molar-refractivity contribution in [3.8, 4) is 28.4 Å². The summed E-state index contributed by atoms with van der Waals surface area (Å²) in [6.45, 7) is 13.3. The lowest BCUT2D eigenvalue weighted by atomic mass is 9.89. The highest BCUT2D eigenvalue weighted by Gasteiger charge is 2.17. The number of aliphatic imine (C=N–C) groups is 1. The van der Waals surface area contributed by atoms with Crippen molar-refractivity contribution in [2.24, 2.45) is 16.0 Å². The zero-order chi connectivity index (χ0) is 49.7. The molecule has 0 heterocycles. The lowest BCUT2D eigenvalue weighted by Gasteiger charge is -2.27. The Kier molecular flexibility index (Phi) is 29.1. The largest absolute Gasteiger partial charge is 0.496 e. The van der Waals surface area contributed by atoms with Crippen LogP contribution in [0.5, 0.6) is 17.2 Å². The number of methoxy groups -OCH3 is 1. The Hall–Kier alpha value is -6.67. The van der Waals surface area contributed by atoms with Gasteiger partial charge in [-0.2, -0.15) is 5.10 Å². The summed E-state index contributed by atoms with van der Waals surface area (Å²) < 4.78 is 27.1. The lowest BCUT2D eigenvalue weighted by Crippen LogP contribution is -2.26. The first-order valence-corrected chi connectivity index (χ1v) is 24.5. The molecule has 14 heteroatoms. The molecule has 370 valence electrons. The Labute approximate surface area is 412 Å². The minimum atomic E-state index is -0.368. The van der Waals surface area contributed by atoms with Gasteiger partial charge in [-0.15, -0.1) is 11.8 Å². The number of ether oxygens (including phenoxy) is 5. The highest BCUT2D eigenvalue weighted by Crippen LogP contribution is 2.32. The first-order chi connectivity index (χ1) is 33.8. The maximum Gasteiger partial charge on any atom is 0.330 e. The molecule has 1 fully saturated rings. The van der Waals surface area contributed by atoms with Gasteiger partial charge in [0.1, 0.15) is 23.5 Å². The number of hydrogen-bond donors (Lipinski definition) is 1.